The standard InChI is InChI=1S/C29H34N4O2.C2HF3O2/c1-21(2)26(31-27(34)24-13-12-22-8-6-7-9-23(22)18-24)19-32-16-14-29(15-17-32)28(35)30-20-33(29)25-10-4-3-5-11-25;3-2(4,5)1(6)7/h3-13,18,21,26H,14-17,19-20H2,1-2H3,(H,30,35)(H,31,34);(H,6,7)/t26-;/m1./s1. The van der Waals surface area contributed by atoms with Crippen molar-refractivity contribution in [1.29, 1.82) is 0 Å². The van der Waals surface area contributed by atoms with E-state index in [1.165, 1.54) is 0 Å². The number of carbonyl (C=O) groups is 3. The first-order chi connectivity index (χ1) is 19.9. The van der Waals surface area contributed by atoms with Crippen molar-refractivity contribution in [2.45, 2.75) is 44.4 Å². The van der Waals surface area contributed by atoms with E-state index in [0.29, 0.717) is 18.2 Å². The zero-order valence-electron chi connectivity index (χ0n) is 23.5. The Bertz CT molecular complexity index is 1410. The predicted octanol–water partition coefficient (Wildman–Crippen LogP) is 4.66. The first-order valence-corrected chi connectivity index (χ1v) is 13.8. The van der Waals surface area contributed by atoms with E-state index in [4.69, 9.17) is 9.90 Å². The molecule has 11 heteroatoms. The topological polar surface area (TPSA) is 102 Å². The van der Waals surface area contributed by atoms with Gasteiger partial charge in [0.15, 0.2) is 0 Å². The Hall–Kier alpha value is -4.12. The molecule has 3 aromatic carbocycles. The van der Waals surface area contributed by atoms with Gasteiger partial charge in [-0.1, -0.05) is 62.4 Å². The summed E-state index contributed by atoms with van der Waals surface area (Å²) in [6.07, 6.45) is -3.53. The number of carboxylic acids is 1. The molecule has 3 aromatic rings. The van der Waals surface area contributed by atoms with Gasteiger partial charge in [-0.05, 0) is 53.8 Å². The summed E-state index contributed by atoms with van der Waals surface area (Å²) in [5, 5.41) is 15.7. The van der Waals surface area contributed by atoms with Crippen LogP contribution >= 0.6 is 0 Å². The number of likely N-dealkylation sites (tertiary alicyclic amines) is 1. The number of alkyl halides is 3. The van der Waals surface area contributed by atoms with Gasteiger partial charge >= 0.3 is 12.1 Å². The van der Waals surface area contributed by atoms with Crippen LogP contribution in [0.4, 0.5) is 18.9 Å². The number of fused-ring (bicyclic) bond motifs is 1. The summed E-state index contributed by atoms with van der Waals surface area (Å²) >= 11 is 0. The van der Waals surface area contributed by atoms with Crippen LogP contribution in [0.5, 0.6) is 0 Å². The van der Waals surface area contributed by atoms with Crippen molar-refractivity contribution < 1.29 is 32.7 Å². The fourth-order valence-corrected chi connectivity index (χ4v) is 5.42. The number of amides is 2. The molecule has 5 rings (SSSR count). The molecule has 2 heterocycles. The Kier molecular flexibility index (Phi) is 9.40. The first kappa shape index (κ1) is 30.8. The van der Waals surface area contributed by atoms with Crippen LogP contribution in [-0.2, 0) is 9.59 Å². The lowest BCUT2D eigenvalue weighted by atomic mass is 9.85. The van der Waals surface area contributed by atoms with E-state index in [2.05, 4.69) is 52.5 Å². The molecule has 0 aliphatic carbocycles. The summed E-state index contributed by atoms with van der Waals surface area (Å²) in [5.74, 6) is -2.36. The number of benzene rings is 3. The maximum absolute atomic E-state index is 13.1. The molecule has 1 atom stereocenters. The van der Waals surface area contributed by atoms with Gasteiger partial charge < -0.3 is 25.5 Å². The minimum absolute atomic E-state index is 0.0330. The maximum Gasteiger partial charge on any atom is 0.490 e. The molecule has 2 saturated heterocycles. The average Bonchev–Trinajstić information content (AvgIpc) is 3.28. The molecule has 2 amide bonds. The molecule has 8 nitrogen and oxygen atoms in total. The second-order valence-electron chi connectivity index (χ2n) is 10.9. The number of piperidine rings is 1. The normalized spacial score (nSPS) is 17.5. The number of hydrogen-bond acceptors (Lipinski definition) is 5. The number of para-hydroxylation sites is 1. The Labute approximate surface area is 242 Å². The van der Waals surface area contributed by atoms with Gasteiger partial charge in [-0.3, -0.25) is 9.59 Å². The lowest BCUT2D eigenvalue weighted by molar-refractivity contribution is -0.192. The van der Waals surface area contributed by atoms with Crippen molar-refractivity contribution >= 4 is 34.2 Å². The molecule has 224 valence electrons. The van der Waals surface area contributed by atoms with E-state index in [9.17, 15) is 22.8 Å². The van der Waals surface area contributed by atoms with Gasteiger partial charge in [0, 0.05) is 36.9 Å². The Balaban J connectivity index is 0.000000517. The molecule has 0 radical (unpaired) electrons. The summed E-state index contributed by atoms with van der Waals surface area (Å²) < 4.78 is 31.7. The van der Waals surface area contributed by atoms with Gasteiger partial charge in [0.05, 0.1) is 6.67 Å². The highest BCUT2D eigenvalue weighted by atomic mass is 19.4. The molecule has 2 aliphatic heterocycles. The fraction of sp³-hybridized carbons (Fsp3) is 0.387. The van der Waals surface area contributed by atoms with Crippen LogP contribution in [0.15, 0.2) is 72.8 Å². The number of nitrogens with one attached hydrogen (secondary N) is 2. The van der Waals surface area contributed by atoms with E-state index >= 15 is 0 Å². The monoisotopic (exact) mass is 584 g/mol. The first-order valence-electron chi connectivity index (χ1n) is 13.8. The number of rotatable bonds is 6. The number of anilines is 1. The molecular formula is C31H35F3N4O4. The zero-order chi connectivity index (χ0) is 30.5. The SMILES string of the molecule is CC(C)[C@@H](CN1CCC2(CC1)C(=O)NCN2c1ccccc1)NC(=O)c1ccc2ccccc2c1.O=C(O)C(F)(F)F. The number of nitrogens with zero attached hydrogens (tertiary/aromatic N) is 2. The molecule has 0 bridgehead atoms. The van der Waals surface area contributed by atoms with Crippen molar-refractivity contribution in [2.24, 2.45) is 5.92 Å². The van der Waals surface area contributed by atoms with Crippen LogP contribution in [0.25, 0.3) is 10.8 Å². The van der Waals surface area contributed by atoms with Gasteiger partial charge in [0.1, 0.15) is 5.54 Å². The van der Waals surface area contributed by atoms with E-state index in [-0.39, 0.29) is 17.9 Å². The molecule has 0 saturated carbocycles. The molecule has 42 heavy (non-hydrogen) atoms. The van der Waals surface area contributed by atoms with Crippen LogP contribution in [0, 0.1) is 5.92 Å². The Morgan fingerprint density at radius 2 is 1.57 bits per heavy atom. The van der Waals surface area contributed by atoms with Gasteiger partial charge in [-0.2, -0.15) is 13.2 Å². The Morgan fingerprint density at radius 1 is 0.976 bits per heavy atom. The molecule has 0 unspecified atom stereocenters. The van der Waals surface area contributed by atoms with Gasteiger partial charge in [0.25, 0.3) is 5.91 Å². The minimum Gasteiger partial charge on any atom is -0.475 e. The lowest BCUT2D eigenvalue weighted by Gasteiger charge is -2.44. The number of carboxylic acid groups (broad SMARTS) is 1. The average molecular weight is 585 g/mol. The summed E-state index contributed by atoms with van der Waals surface area (Å²) in [7, 11) is 0. The quantitative estimate of drug-likeness (QED) is 0.390. The van der Waals surface area contributed by atoms with Crippen LogP contribution in [0.1, 0.15) is 37.0 Å². The molecular weight excluding hydrogens is 549 g/mol. The number of halogens is 3. The van der Waals surface area contributed by atoms with Crippen LogP contribution in [-0.4, -0.2) is 71.9 Å². The molecule has 3 N–H and O–H groups in total. The third-order valence-electron chi connectivity index (χ3n) is 7.92. The third-order valence-corrected chi connectivity index (χ3v) is 7.92. The van der Waals surface area contributed by atoms with E-state index < -0.39 is 17.7 Å². The molecule has 1 spiro atoms. The van der Waals surface area contributed by atoms with Crippen LogP contribution < -0.4 is 15.5 Å². The molecule has 0 aromatic heterocycles. The maximum atomic E-state index is 13.1. The third kappa shape index (κ3) is 7.02. The zero-order valence-corrected chi connectivity index (χ0v) is 23.5. The van der Waals surface area contributed by atoms with Gasteiger partial charge in [0.2, 0.25) is 5.91 Å². The predicted molar refractivity (Wildman–Crippen MR) is 154 cm³/mol. The fourth-order valence-electron chi connectivity index (χ4n) is 5.42. The number of hydrogen-bond donors (Lipinski definition) is 3. The van der Waals surface area contributed by atoms with Crippen molar-refractivity contribution in [2.75, 3.05) is 31.2 Å². The Morgan fingerprint density at radius 3 is 2.17 bits per heavy atom. The van der Waals surface area contributed by atoms with Crippen molar-refractivity contribution in [3.05, 3.63) is 78.4 Å². The highest BCUT2D eigenvalue weighted by molar-refractivity contribution is 5.98. The van der Waals surface area contributed by atoms with E-state index in [1.807, 2.05) is 54.6 Å². The highest BCUT2D eigenvalue weighted by Gasteiger charge is 2.50. The largest absolute Gasteiger partial charge is 0.490 e. The summed E-state index contributed by atoms with van der Waals surface area (Å²) in [4.78, 5) is 39.6. The van der Waals surface area contributed by atoms with E-state index in [0.717, 1.165) is 48.9 Å². The summed E-state index contributed by atoms with van der Waals surface area (Å²) in [6.45, 7) is 7.29. The highest BCUT2D eigenvalue weighted by Crippen LogP contribution is 2.36. The second-order valence-corrected chi connectivity index (χ2v) is 10.9. The lowest BCUT2D eigenvalue weighted by Crippen LogP contribution is -2.58. The van der Waals surface area contributed by atoms with Gasteiger partial charge in [-0.25, -0.2) is 4.79 Å². The van der Waals surface area contributed by atoms with Crippen molar-refractivity contribution in [3.63, 3.8) is 0 Å². The number of carbonyl (C=O) groups excluding carboxylic acids is 2. The summed E-state index contributed by atoms with van der Waals surface area (Å²) in [5.41, 5.74) is 1.29. The molecule has 2 fully saturated rings. The van der Waals surface area contributed by atoms with Crippen LogP contribution in [0.3, 0.4) is 0 Å². The number of aliphatic carboxylic acids is 1. The summed E-state index contributed by atoms with van der Waals surface area (Å²) in [6, 6.07) is 24.2. The van der Waals surface area contributed by atoms with Gasteiger partial charge in [-0.15, -0.1) is 0 Å². The second kappa shape index (κ2) is 12.8. The minimum atomic E-state index is -5.08. The molecule has 2 aliphatic rings. The van der Waals surface area contributed by atoms with E-state index in [1.54, 1.807) is 0 Å². The van der Waals surface area contributed by atoms with Crippen molar-refractivity contribution in [1.82, 2.24) is 15.5 Å². The van der Waals surface area contributed by atoms with Crippen LogP contribution in [0.2, 0.25) is 0 Å². The van der Waals surface area contributed by atoms with Crippen molar-refractivity contribution in [3.8, 4) is 0 Å². The smallest absolute Gasteiger partial charge is 0.475 e.